The number of rotatable bonds is 9. The molecule has 5 rings (SSSR count). The van der Waals surface area contributed by atoms with Gasteiger partial charge in [-0.25, -0.2) is 35.0 Å². The lowest BCUT2D eigenvalue weighted by atomic mass is 10.2. The Labute approximate surface area is 227 Å². The minimum atomic E-state index is -1.03. The number of carbonyl (C=O) groups is 2. The number of fused-ring (bicyclic) bond motifs is 1. The maximum atomic E-state index is 13.3. The molecule has 4 amide bonds. The summed E-state index contributed by atoms with van der Waals surface area (Å²) in [5, 5.41) is 7.34. The van der Waals surface area contributed by atoms with Crippen LogP contribution in [0.25, 0.3) is 11.0 Å². The van der Waals surface area contributed by atoms with E-state index in [1.165, 1.54) is 15.9 Å². The number of benzene rings is 3. The van der Waals surface area contributed by atoms with E-state index in [4.69, 9.17) is 28.0 Å². The molecule has 0 bridgehead atoms. The molecule has 1 aliphatic rings. The predicted molar refractivity (Wildman–Crippen MR) is 145 cm³/mol. The average Bonchev–Trinajstić information content (AvgIpc) is 3.31. The molecule has 5 N–H and O–H groups in total. The van der Waals surface area contributed by atoms with Crippen molar-refractivity contribution >= 4 is 40.4 Å². The number of hydrazine groups is 1. The molecule has 2 heterocycles. The molecule has 1 unspecified atom stereocenters. The van der Waals surface area contributed by atoms with E-state index >= 15 is 0 Å². The summed E-state index contributed by atoms with van der Waals surface area (Å²) >= 11 is 6.00. The van der Waals surface area contributed by atoms with Gasteiger partial charge in [-0.15, -0.1) is 0 Å². The molecule has 4 aromatic rings. The van der Waals surface area contributed by atoms with Crippen LogP contribution < -0.4 is 21.7 Å². The zero-order valence-electron chi connectivity index (χ0n) is 20.5. The molecule has 0 spiro atoms. The van der Waals surface area contributed by atoms with Crippen molar-refractivity contribution in [1.82, 2.24) is 24.5 Å². The minimum Gasteiger partial charge on any atom is -0.457 e. The number of imidazole rings is 1. The molecule has 0 saturated carbocycles. The highest BCUT2D eigenvalue weighted by molar-refractivity contribution is 6.30. The lowest BCUT2D eigenvalue weighted by molar-refractivity contribution is 0.0384. The third-order valence-electron chi connectivity index (χ3n) is 6.10. The molecule has 0 aliphatic carbocycles. The fourth-order valence-corrected chi connectivity index (χ4v) is 4.26. The fraction of sp³-hybridized carbons (Fsp3) is 0.160. The van der Waals surface area contributed by atoms with Crippen LogP contribution in [-0.2, 0) is 6.54 Å². The minimum absolute atomic E-state index is 0.113. The van der Waals surface area contributed by atoms with Crippen LogP contribution in [-0.4, -0.2) is 55.9 Å². The number of hydrogen-bond acceptors (Lipinski definition) is 9. The average molecular weight is 550 g/mol. The van der Waals surface area contributed by atoms with Gasteiger partial charge in [0, 0.05) is 16.8 Å². The molecule has 200 valence electrons. The van der Waals surface area contributed by atoms with Gasteiger partial charge in [-0.2, -0.15) is 4.91 Å². The molecular formula is C25H24ClN9O4. The van der Waals surface area contributed by atoms with Gasteiger partial charge >= 0.3 is 12.1 Å². The number of nitroso groups, excluding NO2 is 1. The number of hydrogen-bond donors (Lipinski definition) is 3. The molecule has 39 heavy (non-hydrogen) atoms. The highest BCUT2D eigenvalue weighted by Crippen LogP contribution is 2.27. The topological polar surface area (TPSA) is 164 Å². The highest BCUT2D eigenvalue weighted by atomic mass is 35.5. The number of carbonyl (C=O) groups excluding carboxylic acids is 2. The highest BCUT2D eigenvalue weighted by Gasteiger charge is 2.43. The Morgan fingerprint density at radius 2 is 1.69 bits per heavy atom. The van der Waals surface area contributed by atoms with Crippen molar-refractivity contribution in [1.29, 1.82) is 0 Å². The molecule has 1 fully saturated rings. The van der Waals surface area contributed by atoms with Crippen LogP contribution in [0.15, 0.2) is 78.2 Å². The first-order chi connectivity index (χ1) is 18.8. The van der Waals surface area contributed by atoms with Crippen LogP contribution in [0, 0.1) is 4.91 Å². The van der Waals surface area contributed by atoms with Gasteiger partial charge < -0.3 is 15.9 Å². The zero-order valence-corrected chi connectivity index (χ0v) is 21.2. The van der Waals surface area contributed by atoms with Crippen molar-refractivity contribution in [2.75, 3.05) is 24.2 Å². The van der Waals surface area contributed by atoms with Gasteiger partial charge in [0.05, 0.1) is 30.7 Å². The lowest BCUT2D eigenvalue weighted by Crippen LogP contribution is -2.70. The molecule has 1 aromatic heterocycles. The molecule has 1 saturated heterocycles. The summed E-state index contributed by atoms with van der Waals surface area (Å²) < 4.78 is 7.36. The number of amides is 4. The number of nitrogens with two attached hydrogens (primary N) is 2. The van der Waals surface area contributed by atoms with E-state index in [0.29, 0.717) is 27.7 Å². The SMILES string of the molecule is NN1C(=O)N(CCN=O)C(=O)N(Cc2ccc(Cl)cc2)C1Nc1ccc(Oc2ccc3c(c2)ncn3N)cc1. The maximum Gasteiger partial charge on any atom is 0.345 e. The van der Waals surface area contributed by atoms with Crippen molar-refractivity contribution < 1.29 is 14.3 Å². The van der Waals surface area contributed by atoms with E-state index < -0.39 is 18.4 Å². The van der Waals surface area contributed by atoms with Crippen LogP contribution in [0.1, 0.15) is 5.56 Å². The standard InChI is InChI=1S/C25H24ClN9O4/c26-17-3-1-16(2-4-17)14-33-23(35(28)25(37)32(24(33)36)12-11-30-38)31-18-5-7-19(8-6-18)39-20-9-10-22-21(13-20)29-15-34(22)27/h1-10,13,15,23,31H,11-12,14,27-28H2. The first kappa shape index (κ1) is 25.8. The van der Waals surface area contributed by atoms with Crippen molar-refractivity contribution in [2.45, 2.75) is 12.8 Å². The number of nitrogens with one attached hydrogen (secondary N) is 1. The monoisotopic (exact) mass is 549 g/mol. The van der Waals surface area contributed by atoms with E-state index in [9.17, 15) is 14.5 Å². The zero-order chi connectivity index (χ0) is 27.5. The Balaban J connectivity index is 1.35. The van der Waals surface area contributed by atoms with Crippen LogP contribution in [0.2, 0.25) is 5.02 Å². The van der Waals surface area contributed by atoms with Gasteiger partial charge in [0.1, 0.15) is 17.8 Å². The molecule has 1 aliphatic heterocycles. The number of nitrogen functional groups attached to an aromatic ring is 1. The Kier molecular flexibility index (Phi) is 7.17. The number of aromatic nitrogens is 2. The summed E-state index contributed by atoms with van der Waals surface area (Å²) in [5.74, 6) is 13.1. The van der Waals surface area contributed by atoms with Crippen LogP contribution in [0.3, 0.4) is 0 Å². The fourth-order valence-electron chi connectivity index (χ4n) is 4.14. The second-order valence-electron chi connectivity index (χ2n) is 8.68. The van der Waals surface area contributed by atoms with Crippen LogP contribution in [0.4, 0.5) is 15.3 Å². The summed E-state index contributed by atoms with van der Waals surface area (Å²) in [6.45, 7) is -0.329. The predicted octanol–water partition coefficient (Wildman–Crippen LogP) is 3.89. The smallest absolute Gasteiger partial charge is 0.345 e. The van der Waals surface area contributed by atoms with Crippen molar-refractivity contribution in [3.63, 3.8) is 0 Å². The summed E-state index contributed by atoms with van der Waals surface area (Å²) in [6, 6.07) is 17.8. The Morgan fingerprint density at radius 1 is 0.974 bits per heavy atom. The maximum absolute atomic E-state index is 13.3. The van der Waals surface area contributed by atoms with Gasteiger partial charge in [-0.3, -0.25) is 4.90 Å². The van der Waals surface area contributed by atoms with E-state index in [1.54, 1.807) is 60.7 Å². The number of urea groups is 2. The molecule has 1 atom stereocenters. The van der Waals surface area contributed by atoms with Crippen LogP contribution in [0.5, 0.6) is 11.5 Å². The first-order valence-electron chi connectivity index (χ1n) is 11.8. The third kappa shape index (κ3) is 5.39. The number of halogens is 1. The molecular weight excluding hydrogens is 526 g/mol. The van der Waals surface area contributed by atoms with Crippen LogP contribution >= 0.6 is 11.6 Å². The summed E-state index contributed by atoms with van der Waals surface area (Å²) in [6.07, 6.45) is 0.493. The Bertz CT molecular complexity index is 1510. The van der Waals surface area contributed by atoms with E-state index in [-0.39, 0.29) is 19.6 Å². The number of anilines is 1. The normalized spacial score (nSPS) is 15.6. The Morgan fingerprint density at radius 3 is 2.41 bits per heavy atom. The number of nitrogens with zero attached hydrogens (tertiary/aromatic N) is 6. The molecule has 0 radical (unpaired) electrons. The van der Waals surface area contributed by atoms with E-state index in [0.717, 1.165) is 21.0 Å². The molecule has 13 nitrogen and oxygen atoms in total. The quantitative estimate of drug-likeness (QED) is 0.161. The summed E-state index contributed by atoms with van der Waals surface area (Å²) in [5.41, 5.74) is 2.80. The van der Waals surface area contributed by atoms with Gasteiger partial charge in [0.15, 0.2) is 0 Å². The van der Waals surface area contributed by atoms with Crippen molar-refractivity contribution in [3.05, 3.63) is 88.6 Å². The van der Waals surface area contributed by atoms with Crippen molar-refractivity contribution in [3.8, 4) is 11.5 Å². The lowest BCUT2D eigenvalue weighted by Gasteiger charge is -2.45. The van der Waals surface area contributed by atoms with Gasteiger partial charge in [-0.05, 0) is 54.1 Å². The summed E-state index contributed by atoms with van der Waals surface area (Å²) in [4.78, 5) is 43.3. The number of ether oxygens (including phenoxy) is 1. The van der Waals surface area contributed by atoms with Crippen molar-refractivity contribution in [2.24, 2.45) is 11.0 Å². The summed E-state index contributed by atoms with van der Waals surface area (Å²) in [7, 11) is 0. The second-order valence-corrected chi connectivity index (χ2v) is 9.11. The number of imide groups is 1. The van der Waals surface area contributed by atoms with E-state index in [2.05, 4.69) is 15.5 Å². The third-order valence-corrected chi connectivity index (χ3v) is 6.35. The Hall–Kier alpha value is -4.88. The van der Waals surface area contributed by atoms with Gasteiger partial charge in [0.25, 0.3) is 0 Å². The molecule has 14 heteroatoms. The first-order valence-corrected chi connectivity index (χ1v) is 12.2. The van der Waals surface area contributed by atoms with Gasteiger partial charge in [-0.1, -0.05) is 28.9 Å². The van der Waals surface area contributed by atoms with Gasteiger partial charge in [0.2, 0.25) is 6.29 Å². The molecule has 3 aromatic carbocycles. The second kappa shape index (κ2) is 10.8. The largest absolute Gasteiger partial charge is 0.457 e. The van der Waals surface area contributed by atoms with E-state index in [1.807, 2.05) is 6.07 Å².